The lowest BCUT2D eigenvalue weighted by Gasteiger charge is -2.05. The Morgan fingerprint density at radius 1 is 1.57 bits per heavy atom. The predicted molar refractivity (Wildman–Crippen MR) is 31.9 cm³/mol. The fraction of sp³-hybridized carbons (Fsp3) is 0.800. The number of hydrogen-bond donors (Lipinski definition) is 1. The highest BCUT2D eigenvalue weighted by Crippen LogP contribution is 1.74. The van der Waals surface area contributed by atoms with Gasteiger partial charge >= 0.3 is 0 Å². The van der Waals surface area contributed by atoms with Gasteiger partial charge in [0.15, 0.2) is 0 Å². The molecule has 2 heteroatoms. The largest absolute Gasteiger partial charge is 0.330 e. The Bertz CT molecular complexity index is 35.1. The lowest BCUT2D eigenvalue weighted by molar-refractivity contribution is 0.440. The number of rotatable bonds is 3. The van der Waals surface area contributed by atoms with E-state index in [9.17, 15) is 0 Å². The minimum Gasteiger partial charge on any atom is -0.330 e. The summed E-state index contributed by atoms with van der Waals surface area (Å²) in [4.78, 5) is 2.08. The highest BCUT2D eigenvalue weighted by atomic mass is 15.0. The molecule has 0 saturated carbocycles. The van der Waals surface area contributed by atoms with E-state index in [-0.39, 0.29) is 0 Å². The molecule has 0 spiro atoms. The maximum atomic E-state index is 5.19. The van der Waals surface area contributed by atoms with Gasteiger partial charge in [-0.3, -0.25) is 0 Å². The van der Waals surface area contributed by atoms with Crippen molar-refractivity contribution in [2.75, 3.05) is 27.2 Å². The fourth-order valence-corrected chi connectivity index (χ4v) is 0.333. The van der Waals surface area contributed by atoms with Crippen LogP contribution in [0.5, 0.6) is 0 Å². The first-order valence-electron chi connectivity index (χ1n) is 2.44. The molecule has 0 aliphatic rings. The second kappa shape index (κ2) is 4.09. The zero-order chi connectivity index (χ0) is 5.70. The standard InChI is InChI=1S/C5H13N2/c1-7(2)5-3-4-6/h3H,4-6H2,1-2H3. The van der Waals surface area contributed by atoms with Crippen molar-refractivity contribution in [1.82, 2.24) is 4.90 Å². The van der Waals surface area contributed by atoms with E-state index in [0.717, 1.165) is 6.54 Å². The highest BCUT2D eigenvalue weighted by molar-refractivity contribution is 4.66. The van der Waals surface area contributed by atoms with E-state index in [1.807, 2.05) is 20.5 Å². The van der Waals surface area contributed by atoms with Crippen LogP contribution in [-0.2, 0) is 0 Å². The Hall–Kier alpha value is -0.0800. The Kier molecular flexibility index (Phi) is 4.04. The molecule has 0 rings (SSSR count). The first-order chi connectivity index (χ1) is 3.27. The molecule has 0 aliphatic heterocycles. The van der Waals surface area contributed by atoms with E-state index in [0.29, 0.717) is 6.54 Å². The van der Waals surface area contributed by atoms with Crippen LogP contribution in [0.3, 0.4) is 0 Å². The summed E-state index contributed by atoms with van der Waals surface area (Å²) >= 11 is 0. The lowest BCUT2D eigenvalue weighted by Crippen LogP contribution is -2.16. The van der Waals surface area contributed by atoms with Crippen molar-refractivity contribution in [1.29, 1.82) is 0 Å². The average Bonchev–Trinajstić information content (AvgIpc) is 1.61. The summed E-state index contributed by atoms with van der Waals surface area (Å²) in [6.07, 6.45) is 2.03. The summed E-state index contributed by atoms with van der Waals surface area (Å²) in [5.41, 5.74) is 5.19. The van der Waals surface area contributed by atoms with Crippen molar-refractivity contribution in [3.8, 4) is 0 Å². The second-order valence-electron chi connectivity index (χ2n) is 1.79. The van der Waals surface area contributed by atoms with Gasteiger partial charge in [0, 0.05) is 6.54 Å². The van der Waals surface area contributed by atoms with Crippen molar-refractivity contribution >= 4 is 0 Å². The molecule has 0 saturated heterocycles. The molecule has 7 heavy (non-hydrogen) atoms. The van der Waals surface area contributed by atoms with Crippen LogP contribution in [0.15, 0.2) is 0 Å². The summed E-state index contributed by atoms with van der Waals surface area (Å²) in [6, 6.07) is 0. The molecule has 0 bridgehead atoms. The van der Waals surface area contributed by atoms with E-state index >= 15 is 0 Å². The topological polar surface area (TPSA) is 29.3 Å². The van der Waals surface area contributed by atoms with E-state index in [1.54, 1.807) is 0 Å². The molecule has 1 radical (unpaired) electrons. The fourth-order valence-electron chi connectivity index (χ4n) is 0.333. The molecule has 0 aromatic heterocycles. The van der Waals surface area contributed by atoms with Crippen LogP contribution in [0.25, 0.3) is 0 Å². The van der Waals surface area contributed by atoms with Crippen LogP contribution in [0.2, 0.25) is 0 Å². The zero-order valence-corrected chi connectivity index (χ0v) is 5.02. The Labute approximate surface area is 45.3 Å². The molecule has 2 nitrogen and oxygen atoms in total. The van der Waals surface area contributed by atoms with Gasteiger partial charge in [-0.2, -0.15) is 0 Å². The number of hydrogen-bond acceptors (Lipinski definition) is 2. The third kappa shape index (κ3) is 5.92. The molecule has 0 atom stereocenters. The highest BCUT2D eigenvalue weighted by Gasteiger charge is 1.84. The van der Waals surface area contributed by atoms with Crippen molar-refractivity contribution < 1.29 is 0 Å². The monoisotopic (exact) mass is 101 g/mol. The van der Waals surface area contributed by atoms with Crippen molar-refractivity contribution in [2.45, 2.75) is 0 Å². The van der Waals surface area contributed by atoms with Gasteiger partial charge in [0.25, 0.3) is 0 Å². The van der Waals surface area contributed by atoms with Gasteiger partial charge in [0.2, 0.25) is 0 Å². The van der Waals surface area contributed by atoms with Gasteiger partial charge in [-0.1, -0.05) is 0 Å². The lowest BCUT2D eigenvalue weighted by atomic mass is 10.4. The summed E-state index contributed by atoms with van der Waals surface area (Å²) < 4.78 is 0. The first kappa shape index (κ1) is 6.92. The molecule has 0 unspecified atom stereocenters. The molecule has 0 aromatic carbocycles. The summed E-state index contributed by atoms with van der Waals surface area (Å²) in [7, 11) is 4.04. The molecule has 43 valence electrons. The van der Waals surface area contributed by atoms with E-state index in [4.69, 9.17) is 5.73 Å². The Balaban J connectivity index is 2.68. The Morgan fingerprint density at radius 3 is 2.29 bits per heavy atom. The van der Waals surface area contributed by atoms with Crippen molar-refractivity contribution in [2.24, 2.45) is 5.73 Å². The normalized spacial score (nSPS) is 10.3. The Morgan fingerprint density at radius 2 is 2.14 bits per heavy atom. The van der Waals surface area contributed by atoms with Gasteiger partial charge in [-0.05, 0) is 27.1 Å². The van der Waals surface area contributed by atoms with Crippen LogP contribution >= 0.6 is 0 Å². The molecule has 0 aliphatic carbocycles. The maximum absolute atomic E-state index is 5.19. The molecule has 0 aromatic rings. The van der Waals surface area contributed by atoms with E-state index < -0.39 is 0 Å². The molecular formula is C5H13N2. The first-order valence-corrected chi connectivity index (χ1v) is 2.44. The molecule has 0 heterocycles. The van der Waals surface area contributed by atoms with Crippen molar-refractivity contribution in [3.63, 3.8) is 0 Å². The van der Waals surface area contributed by atoms with Gasteiger partial charge in [0.05, 0.1) is 0 Å². The van der Waals surface area contributed by atoms with E-state index in [2.05, 4.69) is 4.90 Å². The maximum Gasteiger partial charge on any atom is 0.00192 e. The zero-order valence-electron chi connectivity index (χ0n) is 5.02. The number of nitrogens with two attached hydrogens (primary N) is 1. The molecule has 0 fully saturated rings. The van der Waals surface area contributed by atoms with Gasteiger partial charge in [-0.25, -0.2) is 0 Å². The average molecular weight is 101 g/mol. The molecular weight excluding hydrogens is 88.1 g/mol. The smallest absolute Gasteiger partial charge is 0.00192 e. The van der Waals surface area contributed by atoms with Crippen LogP contribution in [0.4, 0.5) is 0 Å². The summed E-state index contributed by atoms with van der Waals surface area (Å²) in [5.74, 6) is 0. The number of nitrogens with zero attached hydrogens (tertiary/aromatic N) is 1. The third-order valence-electron chi connectivity index (χ3n) is 0.661. The van der Waals surface area contributed by atoms with E-state index in [1.165, 1.54) is 0 Å². The minimum atomic E-state index is 0.679. The van der Waals surface area contributed by atoms with Crippen LogP contribution in [0, 0.1) is 6.42 Å². The third-order valence-corrected chi connectivity index (χ3v) is 0.661. The summed E-state index contributed by atoms with van der Waals surface area (Å²) in [5, 5.41) is 0. The molecule has 0 amide bonds. The van der Waals surface area contributed by atoms with Crippen LogP contribution < -0.4 is 5.73 Å². The predicted octanol–water partition coefficient (Wildman–Crippen LogP) is -0.289. The second-order valence-corrected chi connectivity index (χ2v) is 1.79. The van der Waals surface area contributed by atoms with Crippen molar-refractivity contribution in [3.05, 3.63) is 6.42 Å². The summed E-state index contributed by atoms with van der Waals surface area (Å²) in [6.45, 7) is 1.66. The quantitative estimate of drug-likeness (QED) is 0.529. The van der Waals surface area contributed by atoms with Gasteiger partial charge in [0.1, 0.15) is 0 Å². The van der Waals surface area contributed by atoms with Gasteiger partial charge in [-0.15, -0.1) is 0 Å². The SMILES string of the molecule is CN(C)C[CH]CN. The minimum absolute atomic E-state index is 0.679. The molecule has 2 N–H and O–H groups in total. The van der Waals surface area contributed by atoms with Crippen LogP contribution in [0.1, 0.15) is 0 Å². The van der Waals surface area contributed by atoms with Crippen LogP contribution in [-0.4, -0.2) is 32.1 Å². The van der Waals surface area contributed by atoms with Gasteiger partial charge < -0.3 is 10.6 Å².